The smallest absolute Gasteiger partial charge is 0.237 e. The van der Waals surface area contributed by atoms with Crippen LogP contribution in [-0.4, -0.2) is 9.97 Å². The summed E-state index contributed by atoms with van der Waals surface area (Å²) in [6, 6.07) is 1.89. The third-order valence-electron chi connectivity index (χ3n) is 1.35. The van der Waals surface area contributed by atoms with Crippen LogP contribution < -0.4 is 11.3 Å². The van der Waals surface area contributed by atoms with Crippen molar-refractivity contribution in [3.05, 3.63) is 18.0 Å². The number of aryl methyl sites for hydroxylation is 1. The molecule has 0 saturated heterocycles. The number of nitrogen functional groups attached to an aromatic ring is 1. The lowest BCUT2D eigenvalue weighted by Crippen LogP contribution is -2.10. The van der Waals surface area contributed by atoms with Gasteiger partial charge in [-0.2, -0.15) is 0 Å². The van der Waals surface area contributed by atoms with Gasteiger partial charge in [-0.1, -0.05) is 13.3 Å². The Labute approximate surface area is 65.8 Å². The second-order valence-corrected chi connectivity index (χ2v) is 2.27. The maximum atomic E-state index is 5.14. The summed E-state index contributed by atoms with van der Waals surface area (Å²) in [6.07, 6.45) is 3.76. The summed E-state index contributed by atoms with van der Waals surface area (Å²) in [5.74, 6) is 5.62. The predicted molar refractivity (Wildman–Crippen MR) is 43.8 cm³/mol. The first kappa shape index (κ1) is 7.94. The Balaban J connectivity index is 2.74. The van der Waals surface area contributed by atoms with Crippen LogP contribution in [0.25, 0.3) is 0 Å². The highest BCUT2D eigenvalue weighted by atomic mass is 15.3. The summed E-state index contributed by atoms with van der Waals surface area (Å²) in [6.45, 7) is 2.11. The summed E-state index contributed by atoms with van der Waals surface area (Å²) in [5.41, 5.74) is 3.43. The van der Waals surface area contributed by atoms with Crippen molar-refractivity contribution in [3.63, 3.8) is 0 Å². The SMILES string of the molecule is CCCc1ccnc(NN)n1. The van der Waals surface area contributed by atoms with Crippen molar-refractivity contribution in [2.75, 3.05) is 5.43 Å². The highest BCUT2D eigenvalue weighted by Gasteiger charge is 1.94. The fraction of sp³-hybridized carbons (Fsp3) is 0.429. The molecule has 1 heterocycles. The molecule has 0 aliphatic carbocycles. The van der Waals surface area contributed by atoms with E-state index in [1.54, 1.807) is 6.20 Å². The third-order valence-corrected chi connectivity index (χ3v) is 1.35. The number of anilines is 1. The number of hydrogen-bond donors (Lipinski definition) is 2. The molecule has 0 saturated carbocycles. The number of nitrogens with two attached hydrogens (primary N) is 1. The van der Waals surface area contributed by atoms with Crippen LogP contribution in [0.2, 0.25) is 0 Å². The first-order chi connectivity index (χ1) is 5.36. The van der Waals surface area contributed by atoms with E-state index in [4.69, 9.17) is 5.84 Å². The van der Waals surface area contributed by atoms with E-state index in [9.17, 15) is 0 Å². The second-order valence-electron chi connectivity index (χ2n) is 2.27. The van der Waals surface area contributed by atoms with Gasteiger partial charge in [0.25, 0.3) is 0 Å². The summed E-state index contributed by atoms with van der Waals surface area (Å²) < 4.78 is 0. The van der Waals surface area contributed by atoms with E-state index in [0.29, 0.717) is 5.95 Å². The van der Waals surface area contributed by atoms with Gasteiger partial charge >= 0.3 is 0 Å². The van der Waals surface area contributed by atoms with Crippen LogP contribution >= 0.6 is 0 Å². The van der Waals surface area contributed by atoms with E-state index >= 15 is 0 Å². The van der Waals surface area contributed by atoms with Crippen molar-refractivity contribution >= 4 is 5.95 Å². The predicted octanol–water partition coefficient (Wildman–Crippen LogP) is 0.715. The second kappa shape index (κ2) is 3.88. The molecule has 4 nitrogen and oxygen atoms in total. The topological polar surface area (TPSA) is 63.8 Å². The van der Waals surface area contributed by atoms with Crippen molar-refractivity contribution in [3.8, 4) is 0 Å². The van der Waals surface area contributed by atoms with Gasteiger partial charge in [0.15, 0.2) is 0 Å². The molecule has 0 aliphatic heterocycles. The Morgan fingerprint density at radius 2 is 2.45 bits per heavy atom. The summed E-state index contributed by atoms with van der Waals surface area (Å²) in [5, 5.41) is 0. The molecule has 1 aromatic rings. The Bertz CT molecular complexity index is 223. The first-order valence-electron chi connectivity index (χ1n) is 3.65. The van der Waals surface area contributed by atoms with Gasteiger partial charge in [-0.15, -0.1) is 0 Å². The fourth-order valence-corrected chi connectivity index (χ4v) is 0.861. The minimum Gasteiger partial charge on any atom is -0.292 e. The molecule has 0 unspecified atom stereocenters. The van der Waals surface area contributed by atoms with Crippen molar-refractivity contribution in [2.24, 2.45) is 5.84 Å². The molecule has 0 amide bonds. The van der Waals surface area contributed by atoms with Crippen LogP contribution in [0, 0.1) is 0 Å². The maximum absolute atomic E-state index is 5.14. The van der Waals surface area contributed by atoms with Crippen molar-refractivity contribution in [2.45, 2.75) is 19.8 Å². The van der Waals surface area contributed by atoms with E-state index in [2.05, 4.69) is 22.3 Å². The third kappa shape index (κ3) is 2.16. The van der Waals surface area contributed by atoms with Crippen molar-refractivity contribution in [1.29, 1.82) is 0 Å². The number of nitrogens with one attached hydrogen (secondary N) is 1. The average molecular weight is 152 g/mol. The number of hydrogen-bond acceptors (Lipinski definition) is 4. The Morgan fingerprint density at radius 3 is 3.09 bits per heavy atom. The van der Waals surface area contributed by atoms with Gasteiger partial charge in [0.2, 0.25) is 5.95 Å². The lowest BCUT2D eigenvalue weighted by atomic mass is 10.2. The van der Waals surface area contributed by atoms with E-state index in [1.807, 2.05) is 6.07 Å². The molecular weight excluding hydrogens is 140 g/mol. The molecule has 0 spiro atoms. The molecule has 0 aliphatic rings. The van der Waals surface area contributed by atoms with E-state index in [1.165, 1.54) is 0 Å². The van der Waals surface area contributed by atoms with Crippen LogP contribution in [0.5, 0.6) is 0 Å². The van der Waals surface area contributed by atoms with Crippen LogP contribution in [0.4, 0.5) is 5.95 Å². The summed E-state index contributed by atoms with van der Waals surface area (Å²) in [7, 11) is 0. The molecule has 4 heteroatoms. The molecule has 1 aromatic heterocycles. The van der Waals surface area contributed by atoms with Crippen LogP contribution in [0.1, 0.15) is 19.0 Å². The van der Waals surface area contributed by atoms with Gasteiger partial charge < -0.3 is 0 Å². The zero-order valence-corrected chi connectivity index (χ0v) is 6.54. The Hall–Kier alpha value is -1.16. The zero-order chi connectivity index (χ0) is 8.10. The van der Waals surface area contributed by atoms with Crippen molar-refractivity contribution < 1.29 is 0 Å². The minimum absolute atomic E-state index is 0.482. The number of rotatable bonds is 3. The fourth-order valence-electron chi connectivity index (χ4n) is 0.861. The largest absolute Gasteiger partial charge is 0.292 e. The van der Waals surface area contributed by atoms with Gasteiger partial charge in [0.1, 0.15) is 0 Å². The van der Waals surface area contributed by atoms with Gasteiger partial charge in [0.05, 0.1) is 0 Å². The molecule has 0 atom stereocenters. The average Bonchev–Trinajstić information content (AvgIpc) is 2.06. The van der Waals surface area contributed by atoms with Gasteiger partial charge in [-0.3, -0.25) is 5.43 Å². The molecule has 0 radical (unpaired) electrons. The normalized spacial score (nSPS) is 9.64. The highest BCUT2D eigenvalue weighted by molar-refractivity contribution is 5.22. The molecule has 3 N–H and O–H groups in total. The Morgan fingerprint density at radius 1 is 1.64 bits per heavy atom. The number of hydrazine groups is 1. The first-order valence-corrected chi connectivity index (χ1v) is 3.65. The number of aromatic nitrogens is 2. The van der Waals surface area contributed by atoms with Gasteiger partial charge in [0, 0.05) is 11.9 Å². The van der Waals surface area contributed by atoms with Crippen LogP contribution in [0.15, 0.2) is 12.3 Å². The summed E-state index contributed by atoms with van der Waals surface area (Å²) >= 11 is 0. The van der Waals surface area contributed by atoms with Gasteiger partial charge in [-0.25, -0.2) is 15.8 Å². The molecular formula is C7H12N4. The molecule has 11 heavy (non-hydrogen) atoms. The minimum atomic E-state index is 0.482. The molecule has 0 aromatic carbocycles. The highest BCUT2D eigenvalue weighted by Crippen LogP contribution is 2.00. The monoisotopic (exact) mass is 152 g/mol. The molecule has 60 valence electrons. The standard InChI is InChI=1S/C7H12N4/c1-2-3-6-4-5-9-7(10-6)11-8/h4-5H,2-3,8H2,1H3,(H,9,10,11). The van der Waals surface area contributed by atoms with Crippen molar-refractivity contribution in [1.82, 2.24) is 9.97 Å². The zero-order valence-electron chi connectivity index (χ0n) is 6.54. The lowest BCUT2D eigenvalue weighted by Gasteiger charge is -1.99. The van der Waals surface area contributed by atoms with E-state index in [0.717, 1.165) is 18.5 Å². The molecule has 1 rings (SSSR count). The summed E-state index contributed by atoms with van der Waals surface area (Å²) in [4.78, 5) is 8.03. The lowest BCUT2D eigenvalue weighted by molar-refractivity contribution is 0.872. The Kier molecular flexibility index (Phi) is 2.80. The van der Waals surface area contributed by atoms with Crippen LogP contribution in [0.3, 0.4) is 0 Å². The molecule has 0 bridgehead atoms. The molecule has 0 fully saturated rings. The van der Waals surface area contributed by atoms with E-state index in [-0.39, 0.29) is 0 Å². The van der Waals surface area contributed by atoms with Gasteiger partial charge in [-0.05, 0) is 12.5 Å². The maximum Gasteiger partial charge on any atom is 0.237 e. The van der Waals surface area contributed by atoms with E-state index < -0.39 is 0 Å². The van der Waals surface area contributed by atoms with Crippen LogP contribution in [-0.2, 0) is 6.42 Å². The number of nitrogens with zero attached hydrogens (tertiary/aromatic N) is 2. The quantitative estimate of drug-likeness (QED) is 0.494.